The van der Waals surface area contributed by atoms with Crippen LogP contribution in [0.3, 0.4) is 0 Å². The van der Waals surface area contributed by atoms with Crippen molar-refractivity contribution in [2.45, 2.75) is 6.42 Å². The van der Waals surface area contributed by atoms with Gasteiger partial charge in [0, 0.05) is 23.4 Å². The van der Waals surface area contributed by atoms with Gasteiger partial charge in [-0.15, -0.1) is 0 Å². The summed E-state index contributed by atoms with van der Waals surface area (Å²) in [4.78, 5) is 13.6. The first-order valence-corrected chi connectivity index (χ1v) is 5.16. The van der Waals surface area contributed by atoms with Crippen molar-refractivity contribution in [3.8, 4) is 17.2 Å². The van der Waals surface area contributed by atoms with Crippen molar-refractivity contribution in [2.24, 2.45) is 0 Å². The largest absolute Gasteiger partial charge is 0.328 e. The molecule has 0 aliphatic heterocycles. The third-order valence-corrected chi connectivity index (χ3v) is 2.52. The summed E-state index contributed by atoms with van der Waals surface area (Å²) in [6, 6.07) is 6.87. The zero-order valence-corrected chi connectivity index (χ0v) is 9.21. The van der Waals surface area contributed by atoms with Crippen LogP contribution in [0.1, 0.15) is 5.56 Å². The lowest BCUT2D eigenvalue weighted by atomic mass is 10.00. The lowest BCUT2D eigenvalue weighted by Gasteiger charge is -2.07. The second-order valence-corrected chi connectivity index (χ2v) is 3.67. The van der Waals surface area contributed by atoms with E-state index in [-0.39, 0.29) is 17.5 Å². The number of nitriles is 1. The van der Waals surface area contributed by atoms with E-state index in [4.69, 9.17) is 5.26 Å². The van der Waals surface area contributed by atoms with E-state index in [2.05, 4.69) is 4.98 Å². The number of nitrogens with zero attached hydrogens (tertiary/aromatic N) is 1. The molecule has 0 saturated heterocycles. The number of nitrogens with one attached hydrogen (secondary N) is 1. The molecule has 0 unspecified atom stereocenters. The summed E-state index contributed by atoms with van der Waals surface area (Å²) in [5.41, 5.74) is 0.316. The van der Waals surface area contributed by atoms with Gasteiger partial charge in [0.05, 0.1) is 12.5 Å². The van der Waals surface area contributed by atoms with Crippen LogP contribution in [0.25, 0.3) is 11.1 Å². The first-order chi connectivity index (χ1) is 8.63. The van der Waals surface area contributed by atoms with Crippen LogP contribution in [-0.4, -0.2) is 4.98 Å². The molecule has 0 aliphatic rings. The van der Waals surface area contributed by atoms with Gasteiger partial charge in [0.15, 0.2) is 11.6 Å². The summed E-state index contributed by atoms with van der Waals surface area (Å²) < 4.78 is 26.8. The number of pyridine rings is 1. The molecule has 0 bridgehead atoms. The van der Waals surface area contributed by atoms with E-state index in [1.807, 2.05) is 6.07 Å². The molecule has 0 spiro atoms. The van der Waals surface area contributed by atoms with Crippen molar-refractivity contribution >= 4 is 0 Å². The monoisotopic (exact) mass is 246 g/mol. The van der Waals surface area contributed by atoms with Gasteiger partial charge in [-0.3, -0.25) is 4.79 Å². The minimum atomic E-state index is -0.997. The minimum Gasteiger partial charge on any atom is -0.328 e. The molecule has 2 aromatic rings. The van der Waals surface area contributed by atoms with E-state index < -0.39 is 11.6 Å². The number of benzene rings is 1. The Morgan fingerprint density at radius 3 is 2.78 bits per heavy atom. The Kier molecular flexibility index (Phi) is 3.20. The van der Waals surface area contributed by atoms with E-state index in [0.717, 1.165) is 6.07 Å². The van der Waals surface area contributed by atoms with Gasteiger partial charge in [-0.25, -0.2) is 8.78 Å². The summed E-state index contributed by atoms with van der Waals surface area (Å²) in [5, 5.41) is 8.68. The molecule has 0 amide bonds. The fraction of sp³-hybridized carbons (Fsp3) is 0.0769. The molecule has 3 nitrogen and oxygen atoms in total. The van der Waals surface area contributed by atoms with Crippen LogP contribution in [0.4, 0.5) is 8.78 Å². The molecule has 0 radical (unpaired) electrons. The molecule has 0 aliphatic carbocycles. The van der Waals surface area contributed by atoms with E-state index in [9.17, 15) is 13.6 Å². The molecule has 0 atom stereocenters. The van der Waals surface area contributed by atoms with Crippen molar-refractivity contribution in [1.82, 2.24) is 4.98 Å². The summed E-state index contributed by atoms with van der Waals surface area (Å²) >= 11 is 0. The fourth-order valence-corrected chi connectivity index (χ4v) is 1.71. The van der Waals surface area contributed by atoms with Gasteiger partial charge in [0.25, 0.3) is 0 Å². The number of hydrogen-bond acceptors (Lipinski definition) is 2. The van der Waals surface area contributed by atoms with Gasteiger partial charge in [0.2, 0.25) is 5.56 Å². The molecule has 1 aromatic carbocycles. The average Bonchev–Trinajstić information content (AvgIpc) is 2.34. The highest BCUT2D eigenvalue weighted by Gasteiger charge is 2.13. The number of halogens is 2. The third kappa shape index (κ3) is 2.13. The molecule has 5 heteroatoms. The number of aromatic amines is 1. The lowest BCUT2D eigenvalue weighted by Crippen LogP contribution is -2.07. The number of aromatic nitrogens is 1. The van der Waals surface area contributed by atoms with Gasteiger partial charge in [-0.1, -0.05) is 12.1 Å². The molecule has 1 aromatic heterocycles. The Balaban J connectivity index is 2.67. The van der Waals surface area contributed by atoms with E-state index >= 15 is 0 Å². The Hall–Kier alpha value is -2.48. The van der Waals surface area contributed by atoms with Crippen LogP contribution in [0.15, 0.2) is 35.3 Å². The average molecular weight is 246 g/mol. The highest BCUT2D eigenvalue weighted by molar-refractivity contribution is 5.67. The van der Waals surface area contributed by atoms with Crippen molar-refractivity contribution < 1.29 is 8.78 Å². The van der Waals surface area contributed by atoms with Crippen molar-refractivity contribution in [3.05, 3.63) is 58.0 Å². The van der Waals surface area contributed by atoms with E-state index in [1.54, 1.807) is 0 Å². The number of H-pyrrole nitrogens is 1. The maximum absolute atomic E-state index is 13.7. The summed E-state index contributed by atoms with van der Waals surface area (Å²) in [5.74, 6) is -1.97. The second kappa shape index (κ2) is 4.80. The lowest BCUT2D eigenvalue weighted by molar-refractivity contribution is 0.511. The quantitative estimate of drug-likeness (QED) is 0.884. The van der Waals surface area contributed by atoms with Gasteiger partial charge in [-0.2, -0.15) is 5.26 Å². The number of rotatable bonds is 2. The topological polar surface area (TPSA) is 56.6 Å². The molecule has 1 heterocycles. The summed E-state index contributed by atoms with van der Waals surface area (Å²) in [7, 11) is 0. The Morgan fingerprint density at radius 2 is 2.06 bits per heavy atom. The van der Waals surface area contributed by atoms with Crippen LogP contribution in [0, 0.1) is 23.0 Å². The van der Waals surface area contributed by atoms with Crippen LogP contribution in [-0.2, 0) is 6.42 Å². The summed E-state index contributed by atoms with van der Waals surface area (Å²) in [6.45, 7) is 0. The Bertz CT molecular complexity index is 686. The maximum atomic E-state index is 13.7. The first-order valence-electron chi connectivity index (χ1n) is 5.16. The summed E-state index contributed by atoms with van der Waals surface area (Å²) in [6.07, 6.45) is 1.24. The van der Waals surface area contributed by atoms with Crippen LogP contribution in [0.2, 0.25) is 0 Å². The SMILES string of the molecule is N#CCc1cc(=O)[nH]cc1-c1cccc(F)c1F. The normalized spacial score (nSPS) is 10.1. The molecule has 1 N–H and O–H groups in total. The number of hydrogen-bond donors (Lipinski definition) is 1. The minimum absolute atomic E-state index is 0.0245. The van der Waals surface area contributed by atoms with Crippen LogP contribution < -0.4 is 5.56 Å². The van der Waals surface area contributed by atoms with Crippen molar-refractivity contribution in [1.29, 1.82) is 5.26 Å². The predicted molar refractivity (Wildman–Crippen MR) is 61.7 cm³/mol. The van der Waals surface area contributed by atoms with Gasteiger partial charge < -0.3 is 4.98 Å². The second-order valence-electron chi connectivity index (χ2n) is 3.67. The molecule has 90 valence electrons. The van der Waals surface area contributed by atoms with Crippen molar-refractivity contribution in [3.63, 3.8) is 0 Å². The molecular weight excluding hydrogens is 238 g/mol. The van der Waals surface area contributed by atoms with E-state index in [1.165, 1.54) is 24.4 Å². The highest BCUT2D eigenvalue weighted by atomic mass is 19.2. The fourth-order valence-electron chi connectivity index (χ4n) is 1.71. The smallest absolute Gasteiger partial charge is 0.248 e. The predicted octanol–water partition coefficient (Wildman–Crippen LogP) is 2.39. The first kappa shape index (κ1) is 12.0. The molecule has 2 rings (SSSR count). The zero-order chi connectivity index (χ0) is 13.1. The maximum Gasteiger partial charge on any atom is 0.248 e. The molecular formula is C13H8F2N2O. The van der Waals surface area contributed by atoms with Crippen LogP contribution in [0.5, 0.6) is 0 Å². The van der Waals surface area contributed by atoms with Crippen molar-refractivity contribution in [2.75, 3.05) is 0 Å². The Labute approximate surface area is 101 Å². The zero-order valence-electron chi connectivity index (χ0n) is 9.21. The van der Waals surface area contributed by atoms with E-state index in [0.29, 0.717) is 11.1 Å². The Morgan fingerprint density at radius 1 is 1.28 bits per heavy atom. The third-order valence-electron chi connectivity index (χ3n) is 2.52. The highest BCUT2D eigenvalue weighted by Crippen LogP contribution is 2.26. The van der Waals surface area contributed by atoms with Crippen LogP contribution >= 0.6 is 0 Å². The van der Waals surface area contributed by atoms with Gasteiger partial charge in [-0.05, 0) is 11.6 Å². The standard InChI is InChI=1S/C13H8F2N2O/c14-11-3-1-2-9(13(11)15)10-7-17-12(18)6-8(10)4-5-16/h1-3,6-7H,4H2,(H,17,18). The molecule has 18 heavy (non-hydrogen) atoms. The van der Waals surface area contributed by atoms with Gasteiger partial charge >= 0.3 is 0 Å². The molecule has 0 fully saturated rings. The van der Waals surface area contributed by atoms with Gasteiger partial charge in [0.1, 0.15) is 0 Å². The molecule has 0 saturated carbocycles.